The molecule has 2 bridgehead atoms. The van der Waals surface area contributed by atoms with Crippen LogP contribution in [0.25, 0.3) is 0 Å². The number of nitrogens with one attached hydrogen (secondary N) is 1. The van der Waals surface area contributed by atoms with E-state index in [2.05, 4.69) is 11.7 Å². The van der Waals surface area contributed by atoms with E-state index in [4.69, 9.17) is 0 Å². The molecule has 1 nitrogen and oxygen atoms in total. The van der Waals surface area contributed by atoms with Crippen molar-refractivity contribution in [2.75, 3.05) is 0 Å². The van der Waals surface area contributed by atoms with Crippen LogP contribution < -0.4 is 5.32 Å². The summed E-state index contributed by atoms with van der Waals surface area (Å²) in [4.78, 5) is 0. The van der Waals surface area contributed by atoms with E-state index in [0.717, 1.165) is 12.1 Å². The van der Waals surface area contributed by atoms with Crippen LogP contribution in [0.1, 0.15) is 25.7 Å². The molecule has 8 heavy (non-hydrogen) atoms. The average Bonchev–Trinajstić information content (AvgIpc) is 2.12. The molecule has 1 heteroatoms. The minimum Gasteiger partial charge on any atom is -0.311 e. The van der Waals surface area contributed by atoms with Crippen molar-refractivity contribution in [1.29, 1.82) is 0 Å². The summed E-state index contributed by atoms with van der Waals surface area (Å²) < 4.78 is 0. The molecule has 0 amide bonds. The third kappa shape index (κ3) is 0.655. The predicted molar refractivity (Wildman–Crippen MR) is 33.5 cm³/mol. The van der Waals surface area contributed by atoms with Crippen molar-refractivity contribution >= 4 is 0 Å². The van der Waals surface area contributed by atoms with Crippen molar-refractivity contribution in [3.05, 3.63) is 6.42 Å². The summed E-state index contributed by atoms with van der Waals surface area (Å²) in [6.45, 7) is 0. The number of piperidine rings is 1. The van der Waals surface area contributed by atoms with Crippen LogP contribution >= 0.6 is 0 Å². The monoisotopic (exact) mass is 110 g/mol. The molecular formula is C7H12N. The number of hydrogen-bond donors (Lipinski definition) is 1. The molecule has 0 aromatic rings. The largest absolute Gasteiger partial charge is 0.311 e. The van der Waals surface area contributed by atoms with Crippen LogP contribution in [0.2, 0.25) is 0 Å². The van der Waals surface area contributed by atoms with Gasteiger partial charge in [0.25, 0.3) is 0 Å². The molecule has 0 unspecified atom stereocenters. The fraction of sp³-hybridized carbons (Fsp3) is 0.857. The predicted octanol–water partition coefficient (Wildman–Crippen LogP) is 1.11. The second kappa shape index (κ2) is 1.73. The maximum Gasteiger partial charge on any atom is 0.00729 e. The molecule has 2 atom stereocenters. The van der Waals surface area contributed by atoms with Gasteiger partial charge >= 0.3 is 0 Å². The molecule has 0 spiro atoms. The zero-order valence-corrected chi connectivity index (χ0v) is 5.06. The highest BCUT2D eigenvalue weighted by Crippen LogP contribution is 2.24. The van der Waals surface area contributed by atoms with Gasteiger partial charge in [0.1, 0.15) is 0 Å². The molecule has 2 heterocycles. The van der Waals surface area contributed by atoms with E-state index >= 15 is 0 Å². The number of hydrogen-bond acceptors (Lipinski definition) is 1. The number of fused-ring (bicyclic) bond motifs is 2. The Morgan fingerprint density at radius 1 is 1.12 bits per heavy atom. The first-order valence-corrected chi connectivity index (χ1v) is 3.53. The summed E-state index contributed by atoms with van der Waals surface area (Å²) in [7, 11) is 0. The minimum absolute atomic E-state index is 0.855. The van der Waals surface area contributed by atoms with Gasteiger partial charge in [0.05, 0.1) is 0 Å². The van der Waals surface area contributed by atoms with Crippen molar-refractivity contribution in [3.63, 3.8) is 0 Å². The Morgan fingerprint density at radius 3 is 2.25 bits per heavy atom. The quantitative estimate of drug-likeness (QED) is 0.492. The van der Waals surface area contributed by atoms with Crippen LogP contribution in [0.15, 0.2) is 0 Å². The molecule has 1 radical (unpaired) electrons. The maximum atomic E-state index is 3.56. The second-order valence-corrected chi connectivity index (χ2v) is 2.90. The van der Waals surface area contributed by atoms with Crippen LogP contribution in [-0.2, 0) is 0 Å². The van der Waals surface area contributed by atoms with Gasteiger partial charge in [-0.3, -0.25) is 0 Å². The summed E-state index contributed by atoms with van der Waals surface area (Å²) in [6.07, 6.45) is 7.90. The lowest BCUT2D eigenvalue weighted by Crippen LogP contribution is -2.33. The van der Waals surface area contributed by atoms with Crippen LogP contribution in [0.4, 0.5) is 0 Å². The SMILES string of the molecule is [CH]1C[C@H]2CC[C@H](C1)N2. The van der Waals surface area contributed by atoms with Gasteiger partial charge in [-0.05, 0) is 32.1 Å². The van der Waals surface area contributed by atoms with E-state index < -0.39 is 0 Å². The van der Waals surface area contributed by atoms with Gasteiger partial charge in [0.2, 0.25) is 0 Å². The van der Waals surface area contributed by atoms with Crippen molar-refractivity contribution in [3.8, 4) is 0 Å². The smallest absolute Gasteiger partial charge is 0.00729 e. The first kappa shape index (κ1) is 4.80. The molecule has 2 fully saturated rings. The van der Waals surface area contributed by atoms with Crippen molar-refractivity contribution in [1.82, 2.24) is 5.32 Å². The van der Waals surface area contributed by atoms with Crippen molar-refractivity contribution in [2.45, 2.75) is 37.8 Å². The molecular weight excluding hydrogens is 98.1 g/mol. The van der Waals surface area contributed by atoms with Crippen molar-refractivity contribution < 1.29 is 0 Å². The lowest BCUT2D eigenvalue weighted by molar-refractivity contribution is 0.469. The first-order chi connectivity index (χ1) is 3.95. The molecule has 0 aromatic carbocycles. The molecule has 0 saturated carbocycles. The fourth-order valence-electron chi connectivity index (χ4n) is 1.77. The van der Waals surface area contributed by atoms with Gasteiger partial charge < -0.3 is 5.32 Å². The lowest BCUT2D eigenvalue weighted by Gasteiger charge is -2.19. The Kier molecular flexibility index (Phi) is 1.04. The van der Waals surface area contributed by atoms with Crippen LogP contribution in [0.5, 0.6) is 0 Å². The third-order valence-electron chi connectivity index (χ3n) is 2.24. The van der Waals surface area contributed by atoms with E-state index in [1.54, 1.807) is 0 Å². The second-order valence-electron chi connectivity index (χ2n) is 2.90. The summed E-state index contributed by atoms with van der Waals surface area (Å²) in [5.74, 6) is 0. The maximum absolute atomic E-state index is 3.56. The van der Waals surface area contributed by atoms with Gasteiger partial charge in [0, 0.05) is 12.1 Å². The highest BCUT2D eigenvalue weighted by molar-refractivity contribution is 4.95. The zero-order chi connectivity index (χ0) is 5.40. The molecule has 0 aromatic heterocycles. The van der Waals surface area contributed by atoms with Gasteiger partial charge in [-0.15, -0.1) is 0 Å². The molecule has 2 aliphatic rings. The van der Waals surface area contributed by atoms with Crippen LogP contribution in [-0.4, -0.2) is 12.1 Å². The fourth-order valence-corrected chi connectivity index (χ4v) is 1.77. The Morgan fingerprint density at radius 2 is 1.75 bits per heavy atom. The van der Waals surface area contributed by atoms with Gasteiger partial charge in [-0.1, -0.05) is 0 Å². The standard InChI is InChI=1S/C7H12N/c1-2-6-4-5-7(3-1)8-6/h1,6-8H,2-5H2/t6-,7-/m0/s1. The van der Waals surface area contributed by atoms with E-state index in [1.807, 2.05) is 0 Å². The van der Waals surface area contributed by atoms with Crippen LogP contribution in [0.3, 0.4) is 0 Å². The molecule has 2 aliphatic heterocycles. The summed E-state index contributed by atoms with van der Waals surface area (Å²) in [5.41, 5.74) is 0. The Balaban J connectivity index is 2.03. The molecule has 1 N–H and O–H groups in total. The Bertz CT molecular complexity index is 76.4. The normalized spacial score (nSPS) is 45.0. The summed E-state index contributed by atoms with van der Waals surface area (Å²) >= 11 is 0. The minimum atomic E-state index is 0.855. The zero-order valence-electron chi connectivity index (χ0n) is 5.06. The highest BCUT2D eigenvalue weighted by Gasteiger charge is 2.26. The van der Waals surface area contributed by atoms with E-state index in [0.29, 0.717) is 0 Å². The van der Waals surface area contributed by atoms with Crippen molar-refractivity contribution in [2.24, 2.45) is 0 Å². The Labute approximate surface area is 50.5 Å². The van der Waals surface area contributed by atoms with E-state index in [1.165, 1.54) is 25.7 Å². The molecule has 2 saturated heterocycles. The average molecular weight is 110 g/mol. The first-order valence-electron chi connectivity index (χ1n) is 3.53. The van der Waals surface area contributed by atoms with Gasteiger partial charge in [-0.2, -0.15) is 0 Å². The third-order valence-corrected chi connectivity index (χ3v) is 2.24. The van der Waals surface area contributed by atoms with Gasteiger partial charge in [-0.25, -0.2) is 0 Å². The molecule has 2 rings (SSSR count). The van der Waals surface area contributed by atoms with E-state index in [-0.39, 0.29) is 0 Å². The van der Waals surface area contributed by atoms with Crippen LogP contribution in [0, 0.1) is 6.42 Å². The summed E-state index contributed by atoms with van der Waals surface area (Å²) in [5, 5.41) is 3.56. The topological polar surface area (TPSA) is 12.0 Å². The summed E-state index contributed by atoms with van der Waals surface area (Å²) in [6, 6.07) is 1.71. The number of rotatable bonds is 0. The highest BCUT2D eigenvalue weighted by atomic mass is 15.0. The molecule has 0 aliphatic carbocycles. The Hall–Kier alpha value is -0.0400. The molecule has 45 valence electrons. The van der Waals surface area contributed by atoms with Gasteiger partial charge in [0.15, 0.2) is 0 Å². The van der Waals surface area contributed by atoms with E-state index in [9.17, 15) is 0 Å². The lowest BCUT2D eigenvalue weighted by atomic mass is 10.1.